The van der Waals surface area contributed by atoms with Gasteiger partial charge in [0, 0.05) is 18.6 Å². The minimum atomic E-state index is -0.565. The van der Waals surface area contributed by atoms with Crippen LogP contribution in [-0.4, -0.2) is 24.2 Å². The number of rotatable bonds is 6. The van der Waals surface area contributed by atoms with E-state index in [1.54, 1.807) is 0 Å². The van der Waals surface area contributed by atoms with Crippen LogP contribution in [0.1, 0.15) is 33.6 Å². The van der Waals surface area contributed by atoms with Crippen LogP contribution in [0.15, 0.2) is 0 Å². The molecule has 1 atom stereocenters. The number of hydrogen-bond acceptors (Lipinski definition) is 3. The molecule has 0 bridgehead atoms. The first-order valence-electron chi connectivity index (χ1n) is 5.25. The zero-order valence-electron chi connectivity index (χ0n) is 9.71. The molecule has 0 fully saturated rings. The summed E-state index contributed by atoms with van der Waals surface area (Å²) in [6.07, 6.45) is 1.40. The van der Waals surface area contributed by atoms with E-state index in [2.05, 4.69) is 5.32 Å². The molecule has 1 unspecified atom stereocenters. The summed E-state index contributed by atoms with van der Waals surface area (Å²) in [5.41, 5.74) is -0.331. The second kappa shape index (κ2) is 6.41. The lowest BCUT2D eigenvalue weighted by atomic mass is 9.94. The Kier molecular flexibility index (Phi) is 5.95. The molecule has 2 N–H and O–H groups in total. The van der Waals surface area contributed by atoms with E-state index in [4.69, 9.17) is 10.4 Å². The van der Waals surface area contributed by atoms with E-state index in [0.29, 0.717) is 13.0 Å². The Morgan fingerprint density at radius 3 is 2.60 bits per heavy atom. The average Bonchev–Trinajstić information content (AvgIpc) is 2.22. The number of amides is 1. The van der Waals surface area contributed by atoms with Gasteiger partial charge in [-0.25, -0.2) is 0 Å². The number of nitriles is 1. The molecule has 0 aliphatic carbocycles. The van der Waals surface area contributed by atoms with Crippen LogP contribution in [0.4, 0.5) is 0 Å². The summed E-state index contributed by atoms with van der Waals surface area (Å²) in [6, 6.07) is 1.98. The van der Waals surface area contributed by atoms with Crippen LogP contribution >= 0.6 is 0 Å². The molecule has 0 aromatic rings. The molecule has 0 aliphatic rings. The molecule has 0 heterocycles. The summed E-state index contributed by atoms with van der Waals surface area (Å²) < 4.78 is 0. The number of nitrogens with one attached hydrogen (secondary N) is 1. The van der Waals surface area contributed by atoms with Crippen molar-refractivity contribution in [3.05, 3.63) is 0 Å². The Hall–Kier alpha value is -1.08. The van der Waals surface area contributed by atoms with Crippen molar-refractivity contribution in [3.8, 4) is 6.07 Å². The van der Waals surface area contributed by atoms with Gasteiger partial charge < -0.3 is 10.4 Å². The number of aliphatic hydroxyl groups is 1. The molecule has 15 heavy (non-hydrogen) atoms. The Morgan fingerprint density at radius 2 is 2.20 bits per heavy atom. The largest absolute Gasteiger partial charge is 0.396 e. The van der Waals surface area contributed by atoms with E-state index in [-0.39, 0.29) is 17.9 Å². The fourth-order valence-corrected chi connectivity index (χ4v) is 1.05. The first-order valence-corrected chi connectivity index (χ1v) is 5.25. The van der Waals surface area contributed by atoms with Crippen molar-refractivity contribution in [2.45, 2.75) is 33.6 Å². The Morgan fingerprint density at radius 1 is 1.60 bits per heavy atom. The van der Waals surface area contributed by atoms with E-state index in [1.807, 2.05) is 26.8 Å². The van der Waals surface area contributed by atoms with Gasteiger partial charge >= 0.3 is 0 Å². The van der Waals surface area contributed by atoms with E-state index < -0.39 is 5.92 Å². The third-order valence-electron chi connectivity index (χ3n) is 2.22. The van der Waals surface area contributed by atoms with Gasteiger partial charge in [-0.15, -0.1) is 0 Å². The lowest BCUT2D eigenvalue weighted by Crippen LogP contribution is -2.38. The van der Waals surface area contributed by atoms with Gasteiger partial charge in [0.15, 0.2) is 0 Å². The number of nitrogens with zero attached hydrogens (tertiary/aromatic N) is 1. The van der Waals surface area contributed by atoms with Crippen molar-refractivity contribution in [2.24, 2.45) is 11.3 Å². The van der Waals surface area contributed by atoms with Crippen molar-refractivity contribution in [1.82, 2.24) is 5.32 Å². The maximum absolute atomic E-state index is 11.5. The second-order valence-electron chi connectivity index (χ2n) is 4.51. The SMILES string of the molecule is CCCC(C#N)C(=O)NCC(C)(C)CO. The molecule has 0 saturated carbocycles. The zero-order valence-corrected chi connectivity index (χ0v) is 9.71. The normalized spacial score (nSPS) is 13.0. The Balaban J connectivity index is 4.08. The maximum Gasteiger partial charge on any atom is 0.237 e. The lowest BCUT2D eigenvalue weighted by molar-refractivity contribution is -0.124. The topological polar surface area (TPSA) is 73.1 Å². The standard InChI is InChI=1S/C11H20N2O2/c1-4-5-9(6-12)10(15)13-7-11(2,3)8-14/h9,14H,4-5,7-8H2,1-3H3,(H,13,15). The molecule has 86 valence electrons. The van der Waals surface area contributed by atoms with Crippen molar-refractivity contribution in [3.63, 3.8) is 0 Å². The quantitative estimate of drug-likeness (QED) is 0.691. The fraction of sp³-hybridized carbons (Fsp3) is 0.818. The predicted octanol–water partition coefficient (Wildman–Crippen LogP) is 1.06. The smallest absolute Gasteiger partial charge is 0.237 e. The Bertz CT molecular complexity index is 243. The van der Waals surface area contributed by atoms with E-state index >= 15 is 0 Å². The minimum Gasteiger partial charge on any atom is -0.396 e. The van der Waals surface area contributed by atoms with Gasteiger partial charge in [-0.1, -0.05) is 27.2 Å². The van der Waals surface area contributed by atoms with Crippen LogP contribution in [0.25, 0.3) is 0 Å². The Labute approximate surface area is 91.3 Å². The summed E-state index contributed by atoms with van der Waals surface area (Å²) in [4.78, 5) is 11.5. The van der Waals surface area contributed by atoms with Crippen molar-refractivity contribution in [2.75, 3.05) is 13.2 Å². The van der Waals surface area contributed by atoms with Crippen molar-refractivity contribution >= 4 is 5.91 Å². The van der Waals surface area contributed by atoms with Crippen LogP contribution in [0.5, 0.6) is 0 Å². The monoisotopic (exact) mass is 212 g/mol. The molecule has 0 aromatic heterocycles. The van der Waals surface area contributed by atoms with Gasteiger partial charge in [-0.2, -0.15) is 5.26 Å². The first-order chi connectivity index (χ1) is 6.96. The third kappa shape index (κ3) is 5.38. The zero-order chi connectivity index (χ0) is 11.9. The lowest BCUT2D eigenvalue weighted by Gasteiger charge is -2.22. The highest BCUT2D eigenvalue weighted by molar-refractivity contribution is 5.80. The van der Waals surface area contributed by atoms with Gasteiger partial charge in [0.2, 0.25) is 5.91 Å². The summed E-state index contributed by atoms with van der Waals surface area (Å²) >= 11 is 0. The molecule has 0 aromatic carbocycles. The van der Waals surface area contributed by atoms with E-state index in [0.717, 1.165) is 6.42 Å². The second-order valence-corrected chi connectivity index (χ2v) is 4.51. The van der Waals surface area contributed by atoms with Crippen LogP contribution < -0.4 is 5.32 Å². The van der Waals surface area contributed by atoms with Gasteiger partial charge in [-0.05, 0) is 6.42 Å². The molecule has 1 amide bonds. The number of aliphatic hydroxyl groups excluding tert-OH is 1. The average molecular weight is 212 g/mol. The molecular formula is C11H20N2O2. The highest BCUT2D eigenvalue weighted by atomic mass is 16.3. The highest BCUT2D eigenvalue weighted by Gasteiger charge is 2.21. The molecule has 0 spiro atoms. The van der Waals surface area contributed by atoms with E-state index in [9.17, 15) is 4.79 Å². The van der Waals surface area contributed by atoms with Gasteiger partial charge in [0.1, 0.15) is 5.92 Å². The summed E-state index contributed by atoms with van der Waals surface area (Å²) in [5, 5.41) is 20.4. The molecule has 4 heteroatoms. The summed E-state index contributed by atoms with van der Waals surface area (Å²) in [7, 11) is 0. The van der Waals surface area contributed by atoms with Gasteiger partial charge in [0.25, 0.3) is 0 Å². The number of carbonyl (C=O) groups is 1. The third-order valence-corrected chi connectivity index (χ3v) is 2.22. The van der Waals surface area contributed by atoms with Crippen molar-refractivity contribution in [1.29, 1.82) is 5.26 Å². The van der Waals surface area contributed by atoms with E-state index in [1.165, 1.54) is 0 Å². The summed E-state index contributed by atoms with van der Waals surface area (Å²) in [5.74, 6) is -0.801. The minimum absolute atomic E-state index is 0.0122. The van der Waals surface area contributed by atoms with Crippen LogP contribution in [-0.2, 0) is 4.79 Å². The maximum atomic E-state index is 11.5. The predicted molar refractivity (Wildman–Crippen MR) is 57.9 cm³/mol. The molecular weight excluding hydrogens is 192 g/mol. The van der Waals surface area contributed by atoms with Gasteiger partial charge in [0.05, 0.1) is 6.07 Å². The molecule has 0 aliphatic heterocycles. The van der Waals surface area contributed by atoms with Crippen LogP contribution in [0.2, 0.25) is 0 Å². The molecule has 0 rings (SSSR count). The molecule has 0 radical (unpaired) electrons. The van der Waals surface area contributed by atoms with Crippen molar-refractivity contribution < 1.29 is 9.90 Å². The summed E-state index contributed by atoms with van der Waals surface area (Å²) in [6.45, 7) is 6.06. The molecule has 0 saturated heterocycles. The first kappa shape index (κ1) is 13.9. The fourth-order valence-electron chi connectivity index (χ4n) is 1.05. The van der Waals surface area contributed by atoms with Crippen LogP contribution in [0.3, 0.4) is 0 Å². The number of hydrogen-bond donors (Lipinski definition) is 2. The molecule has 4 nitrogen and oxygen atoms in total. The van der Waals surface area contributed by atoms with Gasteiger partial charge in [-0.3, -0.25) is 4.79 Å². The highest BCUT2D eigenvalue weighted by Crippen LogP contribution is 2.12. The van der Waals surface area contributed by atoms with Crippen LogP contribution in [0, 0.1) is 22.7 Å². The number of carbonyl (C=O) groups excluding carboxylic acids is 1.